The third-order valence-electron chi connectivity index (χ3n) is 3.27. The monoisotopic (exact) mass is 306 g/mol. The molecule has 0 spiro atoms. The van der Waals surface area contributed by atoms with Crippen molar-refractivity contribution in [3.63, 3.8) is 0 Å². The van der Waals surface area contributed by atoms with Gasteiger partial charge in [-0.05, 0) is 37.5 Å². The Bertz CT molecular complexity index is 669. The first-order chi connectivity index (χ1) is 10.1. The summed E-state index contributed by atoms with van der Waals surface area (Å²) in [6.07, 6.45) is 3.98. The van der Waals surface area contributed by atoms with E-state index in [2.05, 4.69) is 15.5 Å². The number of anilines is 1. The molecule has 0 atom stereocenters. The van der Waals surface area contributed by atoms with Gasteiger partial charge >= 0.3 is 0 Å². The molecule has 1 fully saturated rings. The molecule has 1 N–H and O–H groups in total. The van der Waals surface area contributed by atoms with Gasteiger partial charge in [0.25, 0.3) is 0 Å². The van der Waals surface area contributed by atoms with Gasteiger partial charge in [0.2, 0.25) is 5.91 Å². The van der Waals surface area contributed by atoms with Crippen LogP contribution in [-0.2, 0) is 4.79 Å². The number of nitrogens with one attached hydrogen (secondary N) is 1. The predicted molar refractivity (Wildman–Crippen MR) is 78.8 cm³/mol. The van der Waals surface area contributed by atoms with Crippen molar-refractivity contribution in [2.45, 2.75) is 31.0 Å². The summed E-state index contributed by atoms with van der Waals surface area (Å²) in [5.74, 6) is -0.288. The van der Waals surface area contributed by atoms with E-state index in [1.54, 1.807) is 25.4 Å². The molecule has 1 saturated carbocycles. The van der Waals surface area contributed by atoms with Crippen LogP contribution in [0.5, 0.6) is 0 Å². The van der Waals surface area contributed by atoms with E-state index in [-0.39, 0.29) is 17.5 Å². The van der Waals surface area contributed by atoms with E-state index < -0.39 is 0 Å². The number of carbonyl (C=O) groups excluding carboxylic acids is 1. The number of hydrogen-bond acceptors (Lipinski definition) is 4. The van der Waals surface area contributed by atoms with Crippen LogP contribution in [0.3, 0.4) is 0 Å². The summed E-state index contributed by atoms with van der Waals surface area (Å²) in [5, 5.41) is 11.3. The molecule has 1 aromatic heterocycles. The summed E-state index contributed by atoms with van der Waals surface area (Å²) >= 11 is 1.34. The quantitative estimate of drug-likeness (QED) is 0.863. The molecule has 1 aliphatic carbocycles. The van der Waals surface area contributed by atoms with Crippen molar-refractivity contribution < 1.29 is 9.18 Å². The predicted octanol–water partition coefficient (Wildman–Crippen LogP) is 2.79. The van der Waals surface area contributed by atoms with Crippen molar-refractivity contribution in [1.82, 2.24) is 14.8 Å². The van der Waals surface area contributed by atoms with Crippen LogP contribution in [0.4, 0.5) is 10.1 Å². The fourth-order valence-corrected chi connectivity index (χ4v) is 2.72. The van der Waals surface area contributed by atoms with Crippen molar-refractivity contribution in [1.29, 1.82) is 0 Å². The van der Waals surface area contributed by atoms with Crippen LogP contribution < -0.4 is 5.32 Å². The average molecular weight is 306 g/mol. The molecule has 110 valence electrons. The second-order valence-corrected chi connectivity index (χ2v) is 6.00. The number of rotatable bonds is 5. The Balaban J connectivity index is 1.56. The average Bonchev–Trinajstić information content (AvgIpc) is 3.19. The highest BCUT2D eigenvalue weighted by atomic mass is 32.2. The van der Waals surface area contributed by atoms with Crippen molar-refractivity contribution in [3.8, 4) is 0 Å². The topological polar surface area (TPSA) is 59.8 Å². The lowest BCUT2D eigenvalue weighted by Crippen LogP contribution is -2.14. The molecule has 1 aliphatic rings. The maximum atomic E-state index is 13.4. The first kappa shape index (κ1) is 14.1. The third-order valence-corrected chi connectivity index (χ3v) is 4.23. The van der Waals surface area contributed by atoms with E-state index in [0.29, 0.717) is 17.3 Å². The first-order valence-corrected chi connectivity index (χ1v) is 7.70. The minimum atomic E-state index is -0.325. The number of aromatic nitrogens is 3. The number of hydrogen-bond donors (Lipinski definition) is 1. The standard InChI is InChI=1S/C14H15FN4OS/c1-9-2-3-10(6-12(9)15)17-13(20)7-21-14-18-16-8-19(14)11-4-5-11/h2-3,6,8,11H,4-5,7H2,1H3,(H,17,20). The molecule has 1 amide bonds. The van der Waals surface area contributed by atoms with Gasteiger partial charge in [-0.3, -0.25) is 4.79 Å². The molecule has 0 saturated heterocycles. The van der Waals surface area contributed by atoms with Crippen LogP contribution in [0.15, 0.2) is 29.7 Å². The summed E-state index contributed by atoms with van der Waals surface area (Å²) in [4.78, 5) is 11.9. The molecule has 3 rings (SSSR count). The van der Waals surface area contributed by atoms with Gasteiger partial charge in [0.1, 0.15) is 12.1 Å². The lowest BCUT2D eigenvalue weighted by atomic mass is 10.2. The number of carbonyl (C=O) groups is 1. The van der Waals surface area contributed by atoms with Crippen LogP contribution in [0.25, 0.3) is 0 Å². The number of aryl methyl sites for hydroxylation is 1. The Morgan fingerprint density at radius 2 is 2.33 bits per heavy atom. The second kappa shape index (κ2) is 5.85. The molecule has 7 heteroatoms. The molecule has 5 nitrogen and oxygen atoms in total. The maximum absolute atomic E-state index is 13.4. The second-order valence-electron chi connectivity index (χ2n) is 5.05. The van der Waals surface area contributed by atoms with E-state index in [1.165, 1.54) is 17.8 Å². The van der Waals surface area contributed by atoms with Crippen LogP contribution in [0.2, 0.25) is 0 Å². The first-order valence-electron chi connectivity index (χ1n) is 6.72. The van der Waals surface area contributed by atoms with Crippen LogP contribution in [-0.4, -0.2) is 26.4 Å². The van der Waals surface area contributed by atoms with E-state index >= 15 is 0 Å². The molecule has 0 radical (unpaired) electrons. The fourth-order valence-electron chi connectivity index (χ4n) is 1.94. The SMILES string of the molecule is Cc1ccc(NC(=O)CSc2nncn2C2CC2)cc1F. The zero-order valence-corrected chi connectivity index (χ0v) is 12.4. The van der Waals surface area contributed by atoms with E-state index in [1.807, 2.05) is 4.57 Å². The minimum absolute atomic E-state index is 0.186. The number of thioether (sulfide) groups is 1. The zero-order chi connectivity index (χ0) is 14.8. The Morgan fingerprint density at radius 3 is 3.05 bits per heavy atom. The lowest BCUT2D eigenvalue weighted by Gasteiger charge is -2.07. The number of benzene rings is 1. The van der Waals surface area contributed by atoms with E-state index in [4.69, 9.17) is 0 Å². The number of halogens is 1. The van der Waals surface area contributed by atoms with Crippen molar-refractivity contribution in [3.05, 3.63) is 35.9 Å². The van der Waals surface area contributed by atoms with Gasteiger partial charge in [-0.1, -0.05) is 17.8 Å². The molecule has 0 unspecified atom stereocenters. The molecule has 0 aliphatic heterocycles. The maximum Gasteiger partial charge on any atom is 0.234 e. The van der Waals surface area contributed by atoms with Gasteiger partial charge in [-0.15, -0.1) is 10.2 Å². The van der Waals surface area contributed by atoms with Crippen molar-refractivity contribution >= 4 is 23.4 Å². The van der Waals surface area contributed by atoms with Gasteiger partial charge in [0.05, 0.1) is 5.75 Å². The van der Waals surface area contributed by atoms with Gasteiger partial charge in [0, 0.05) is 11.7 Å². The Hall–Kier alpha value is -1.89. The summed E-state index contributed by atoms with van der Waals surface area (Å²) in [6, 6.07) is 5.14. The van der Waals surface area contributed by atoms with Gasteiger partial charge < -0.3 is 9.88 Å². The summed E-state index contributed by atoms with van der Waals surface area (Å²) in [6.45, 7) is 1.68. The van der Waals surface area contributed by atoms with Crippen LogP contribution in [0.1, 0.15) is 24.4 Å². The largest absolute Gasteiger partial charge is 0.325 e. The Morgan fingerprint density at radius 1 is 1.52 bits per heavy atom. The molecular weight excluding hydrogens is 291 g/mol. The highest BCUT2D eigenvalue weighted by Crippen LogP contribution is 2.37. The number of amides is 1. The summed E-state index contributed by atoms with van der Waals surface area (Å²) in [7, 11) is 0. The molecule has 1 heterocycles. The van der Waals surface area contributed by atoms with Crippen LogP contribution in [0, 0.1) is 12.7 Å². The van der Waals surface area contributed by atoms with E-state index in [0.717, 1.165) is 18.0 Å². The van der Waals surface area contributed by atoms with Gasteiger partial charge in [-0.25, -0.2) is 4.39 Å². The van der Waals surface area contributed by atoms with Crippen molar-refractivity contribution in [2.24, 2.45) is 0 Å². The highest BCUT2D eigenvalue weighted by Gasteiger charge is 2.26. The normalized spacial score (nSPS) is 14.2. The third kappa shape index (κ3) is 3.41. The molecular formula is C14H15FN4OS. The highest BCUT2D eigenvalue weighted by molar-refractivity contribution is 7.99. The Kier molecular flexibility index (Phi) is 3.92. The van der Waals surface area contributed by atoms with Crippen LogP contribution >= 0.6 is 11.8 Å². The summed E-state index contributed by atoms with van der Waals surface area (Å²) in [5.41, 5.74) is 1.02. The number of nitrogens with zero attached hydrogens (tertiary/aromatic N) is 3. The van der Waals surface area contributed by atoms with E-state index in [9.17, 15) is 9.18 Å². The molecule has 1 aromatic carbocycles. The summed E-state index contributed by atoms with van der Waals surface area (Å²) < 4.78 is 15.4. The Labute approximate surface area is 125 Å². The van der Waals surface area contributed by atoms with Gasteiger partial charge in [-0.2, -0.15) is 0 Å². The lowest BCUT2D eigenvalue weighted by molar-refractivity contribution is -0.113. The minimum Gasteiger partial charge on any atom is -0.325 e. The molecule has 2 aromatic rings. The van der Waals surface area contributed by atoms with Gasteiger partial charge in [0.15, 0.2) is 5.16 Å². The van der Waals surface area contributed by atoms with Crippen molar-refractivity contribution in [2.75, 3.05) is 11.1 Å². The smallest absolute Gasteiger partial charge is 0.234 e. The zero-order valence-electron chi connectivity index (χ0n) is 11.5. The fraction of sp³-hybridized carbons (Fsp3) is 0.357. The molecule has 0 bridgehead atoms. The molecule has 21 heavy (non-hydrogen) atoms.